The minimum absolute atomic E-state index is 0.167. The maximum atomic E-state index is 12.6. The predicted octanol–water partition coefficient (Wildman–Crippen LogP) is 4.07. The molecule has 0 atom stereocenters. The Bertz CT molecular complexity index is 1140. The second-order valence-corrected chi connectivity index (χ2v) is 8.20. The lowest BCUT2D eigenvalue weighted by atomic mass is 10.2. The summed E-state index contributed by atoms with van der Waals surface area (Å²) in [6.45, 7) is 1.88. The molecule has 0 saturated heterocycles. The summed E-state index contributed by atoms with van der Waals surface area (Å²) in [7, 11) is -0.672. The van der Waals surface area contributed by atoms with Gasteiger partial charge in [0.1, 0.15) is 11.5 Å². The van der Waals surface area contributed by atoms with Gasteiger partial charge in [0.25, 0.3) is 15.9 Å². The van der Waals surface area contributed by atoms with Gasteiger partial charge in [-0.15, -0.1) is 0 Å². The molecule has 1 amide bonds. The van der Waals surface area contributed by atoms with Crippen LogP contribution in [-0.2, 0) is 10.0 Å². The zero-order valence-corrected chi connectivity index (χ0v) is 17.6. The van der Waals surface area contributed by atoms with E-state index in [1.54, 1.807) is 42.5 Å². The highest BCUT2D eigenvalue weighted by Crippen LogP contribution is 2.29. The summed E-state index contributed by atoms with van der Waals surface area (Å²) < 4.78 is 37.9. The topological polar surface area (TPSA) is 93.7 Å². The summed E-state index contributed by atoms with van der Waals surface area (Å²) in [6.07, 6.45) is 0. The van der Waals surface area contributed by atoms with Gasteiger partial charge >= 0.3 is 0 Å². The third-order valence-electron chi connectivity index (χ3n) is 4.39. The minimum Gasteiger partial charge on any atom is -0.497 e. The van der Waals surface area contributed by atoms with Gasteiger partial charge in [-0.05, 0) is 55.5 Å². The molecule has 3 rings (SSSR count). The van der Waals surface area contributed by atoms with Crippen molar-refractivity contribution in [1.82, 2.24) is 0 Å². The highest BCUT2D eigenvalue weighted by molar-refractivity contribution is 7.92. The third-order valence-corrected chi connectivity index (χ3v) is 5.78. The van der Waals surface area contributed by atoms with Crippen LogP contribution in [0, 0.1) is 6.92 Å². The van der Waals surface area contributed by atoms with E-state index in [0.29, 0.717) is 28.4 Å². The maximum absolute atomic E-state index is 12.6. The van der Waals surface area contributed by atoms with Crippen LogP contribution >= 0.6 is 0 Å². The molecule has 3 aromatic carbocycles. The lowest BCUT2D eigenvalue weighted by molar-refractivity contribution is 0.102. The Morgan fingerprint density at radius 1 is 0.867 bits per heavy atom. The van der Waals surface area contributed by atoms with Crippen LogP contribution in [0.2, 0.25) is 0 Å². The summed E-state index contributed by atoms with van der Waals surface area (Å²) in [5.41, 5.74) is 2.15. The van der Waals surface area contributed by atoms with Gasteiger partial charge in [-0.2, -0.15) is 0 Å². The molecule has 156 valence electrons. The molecule has 0 radical (unpaired) electrons. The number of nitrogens with one attached hydrogen (secondary N) is 2. The quantitative estimate of drug-likeness (QED) is 0.594. The van der Waals surface area contributed by atoms with Crippen molar-refractivity contribution in [2.75, 3.05) is 24.3 Å². The van der Waals surface area contributed by atoms with Crippen molar-refractivity contribution in [2.45, 2.75) is 11.8 Å². The Balaban J connectivity index is 1.74. The Morgan fingerprint density at radius 2 is 1.53 bits per heavy atom. The monoisotopic (exact) mass is 426 g/mol. The highest BCUT2D eigenvalue weighted by atomic mass is 32.2. The second-order valence-electron chi connectivity index (χ2n) is 6.52. The smallest absolute Gasteiger partial charge is 0.261 e. The number of anilines is 2. The number of sulfonamides is 1. The number of carbonyl (C=O) groups is 1. The summed E-state index contributed by atoms with van der Waals surface area (Å²) in [6, 6.07) is 17.8. The van der Waals surface area contributed by atoms with Gasteiger partial charge in [-0.25, -0.2) is 8.42 Å². The average Bonchev–Trinajstić information content (AvgIpc) is 2.74. The van der Waals surface area contributed by atoms with Crippen molar-refractivity contribution in [3.8, 4) is 11.5 Å². The fourth-order valence-corrected chi connectivity index (χ4v) is 3.79. The van der Waals surface area contributed by atoms with E-state index in [1.165, 1.54) is 38.5 Å². The van der Waals surface area contributed by atoms with Gasteiger partial charge in [0.15, 0.2) is 0 Å². The molecule has 0 bridgehead atoms. The first-order valence-electron chi connectivity index (χ1n) is 9.05. The summed E-state index contributed by atoms with van der Waals surface area (Å²) in [4.78, 5) is 12.8. The van der Waals surface area contributed by atoms with Crippen molar-refractivity contribution < 1.29 is 22.7 Å². The summed E-state index contributed by atoms with van der Waals surface area (Å²) in [5, 5.41) is 2.77. The molecule has 0 aliphatic carbocycles. The molecule has 0 saturated carbocycles. The van der Waals surface area contributed by atoms with Gasteiger partial charge in [-0.3, -0.25) is 9.52 Å². The first-order chi connectivity index (χ1) is 14.3. The Morgan fingerprint density at radius 3 is 2.13 bits per heavy atom. The van der Waals surface area contributed by atoms with Crippen LogP contribution in [0.15, 0.2) is 71.6 Å². The van der Waals surface area contributed by atoms with Gasteiger partial charge in [0, 0.05) is 17.3 Å². The number of hydrogen-bond donors (Lipinski definition) is 2. The first kappa shape index (κ1) is 21.2. The van der Waals surface area contributed by atoms with E-state index in [-0.39, 0.29) is 10.8 Å². The molecule has 0 aromatic heterocycles. The van der Waals surface area contributed by atoms with Crippen LogP contribution in [0.4, 0.5) is 11.4 Å². The zero-order chi connectivity index (χ0) is 21.7. The molecule has 8 heteroatoms. The maximum Gasteiger partial charge on any atom is 0.261 e. The molecule has 2 N–H and O–H groups in total. The first-order valence-corrected chi connectivity index (χ1v) is 10.5. The molecular weight excluding hydrogens is 404 g/mol. The van der Waals surface area contributed by atoms with E-state index >= 15 is 0 Å². The van der Waals surface area contributed by atoms with Crippen LogP contribution in [-0.4, -0.2) is 28.5 Å². The molecule has 0 heterocycles. The van der Waals surface area contributed by atoms with Crippen molar-refractivity contribution in [3.63, 3.8) is 0 Å². The van der Waals surface area contributed by atoms with Gasteiger partial charge in [0.05, 0.1) is 24.8 Å². The van der Waals surface area contributed by atoms with Crippen LogP contribution in [0.25, 0.3) is 0 Å². The number of benzene rings is 3. The molecule has 30 heavy (non-hydrogen) atoms. The van der Waals surface area contributed by atoms with Crippen molar-refractivity contribution in [1.29, 1.82) is 0 Å². The predicted molar refractivity (Wildman–Crippen MR) is 116 cm³/mol. The molecule has 0 fully saturated rings. The molecule has 0 aliphatic rings. The number of amides is 1. The van der Waals surface area contributed by atoms with Crippen molar-refractivity contribution >= 4 is 27.3 Å². The van der Waals surface area contributed by atoms with Crippen LogP contribution in [0.5, 0.6) is 11.5 Å². The van der Waals surface area contributed by atoms with E-state index in [4.69, 9.17) is 9.47 Å². The summed E-state index contributed by atoms with van der Waals surface area (Å²) in [5.74, 6) is 0.702. The number of rotatable bonds is 7. The highest BCUT2D eigenvalue weighted by Gasteiger charge is 2.15. The van der Waals surface area contributed by atoms with E-state index in [1.807, 2.05) is 6.92 Å². The van der Waals surface area contributed by atoms with E-state index in [9.17, 15) is 13.2 Å². The molecular formula is C22H22N2O5S. The Labute approximate surface area is 175 Å². The number of ether oxygens (including phenoxy) is 2. The normalized spacial score (nSPS) is 10.9. The van der Waals surface area contributed by atoms with Crippen LogP contribution < -0.4 is 19.5 Å². The second kappa shape index (κ2) is 8.87. The molecule has 3 aromatic rings. The van der Waals surface area contributed by atoms with E-state index in [0.717, 1.165) is 5.56 Å². The standard InChI is InChI=1S/C22H22N2O5S/c1-15-4-11-19(12-5-15)30(26,27)24-17-8-6-16(7-9-17)22(25)23-20-14-18(28-2)10-13-21(20)29-3/h4-14,24H,1-3H3,(H,23,25). The van der Waals surface area contributed by atoms with Crippen LogP contribution in [0.3, 0.4) is 0 Å². The third kappa shape index (κ3) is 4.90. The molecule has 0 unspecified atom stereocenters. The average molecular weight is 426 g/mol. The molecule has 0 spiro atoms. The van der Waals surface area contributed by atoms with Crippen molar-refractivity contribution in [3.05, 3.63) is 77.9 Å². The lowest BCUT2D eigenvalue weighted by Gasteiger charge is -2.12. The van der Waals surface area contributed by atoms with Gasteiger partial charge < -0.3 is 14.8 Å². The lowest BCUT2D eigenvalue weighted by Crippen LogP contribution is -2.14. The van der Waals surface area contributed by atoms with Crippen LogP contribution in [0.1, 0.15) is 15.9 Å². The molecule has 0 aliphatic heterocycles. The van der Waals surface area contributed by atoms with E-state index < -0.39 is 10.0 Å². The fourth-order valence-electron chi connectivity index (χ4n) is 2.73. The SMILES string of the molecule is COc1ccc(OC)c(NC(=O)c2ccc(NS(=O)(=O)c3ccc(C)cc3)cc2)c1. The number of carbonyl (C=O) groups excluding carboxylic acids is 1. The number of methoxy groups -OCH3 is 2. The fraction of sp³-hybridized carbons (Fsp3) is 0.136. The Kier molecular flexibility index (Phi) is 6.27. The molecule has 7 nitrogen and oxygen atoms in total. The summed E-state index contributed by atoms with van der Waals surface area (Å²) >= 11 is 0. The largest absolute Gasteiger partial charge is 0.497 e. The number of aryl methyl sites for hydroxylation is 1. The Hall–Kier alpha value is -3.52. The van der Waals surface area contributed by atoms with Gasteiger partial charge in [0.2, 0.25) is 0 Å². The van der Waals surface area contributed by atoms with Crippen molar-refractivity contribution in [2.24, 2.45) is 0 Å². The van der Waals surface area contributed by atoms with Gasteiger partial charge in [-0.1, -0.05) is 17.7 Å². The van der Waals surface area contributed by atoms with E-state index in [2.05, 4.69) is 10.0 Å². The number of hydrogen-bond acceptors (Lipinski definition) is 5. The minimum atomic E-state index is -3.71. The zero-order valence-electron chi connectivity index (χ0n) is 16.8.